The van der Waals surface area contributed by atoms with Gasteiger partial charge in [0, 0.05) is 13.1 Å². The molecule has 3 heteroatoms. The summed E-state index contributed by atoms with van der Waals surface area (Å²) < 4.78 is 5.77. The quantitative estimate of drug-likeness (QED) is 0.821. The van der Waals surface area contributed by atoms with E-state index in [2.05, 4.69) is 36.5 Å². The summed E-state index contributed by atoms with van der Waals surface area (Å²) in [6.45, 7) is 5.79. The molecule has 0 radical (unpaired) electrons. The predicted molar refractivity (Wildman–Crippen MR) is 85.3 cm³/mol. The Morgan fingerprint density at radius 1 is 1.00 bits per heavy atom. The summed E-state index contributed by atoms with van der Waals surface area (Å²) in [6.07, 6.45) is -0.317. The van der Waals surface area contributed by atoms with Gasteiger partial charge < -0.3 is 15.2 Å². The fraction of sp³-hybridized carbons (Fsp3) is 0.333. The van der Waals surface area contributed by atoms with Gasteiger partial charge in [-0.25, -0.2) is 0 Å². The maximum atomic E-state index is 9.19. The van der Waals surface area contributed by atoms with Crippen LogP contribution >= 0.6 is 0 Å². The molecule has 0 aliphatic rings. The van der Waals surface area contributed by atoms with Crippen LogP contribution in [0.25, 0.3) is 0 Å². The Bertz CT molecular complexity index is 532. The third-order valence-corrected chi connectivity index (χ3v) is 3.22. The van der Waals surface area contributed by atoms with Crippen LogP contribution in [0.1, 0.15) is 23.6 Å². The summed E-state index contributed by atoms with van der Waals surface area (Å²) >= 11 is 0. The molecule has 1 atom stereocenters. The summed E-state index contributed by atoms with van der Waals surface area (Å²) in [6, 6.07) is 16.4. The summed E-state index contributed by atoms with van der Waals surface area (Å²) in [4.78, 5) is 0. The maximum absolute atomic E-state index is 9.19. The molecule has 0 bridgehead atoms. The highest BCUT2D eigenvalue weighted by Gasteiger charge is 1.99. The second-order valence-electron chi connectivity index (χ2n) is 5.40. The SMILES string of the molecule is Cc1ccc(COc2ccc(CNCC(C)O)cc2)cc1. The van der Waals surface area contributed by atoms with Gasteiger partial charge in [-0.1, -0.05) is 42.0 Å². The molecule has 0 fully saturated rings. The van der Waals surface area contributed by atoms with Gasteiger partial charge >= 0.3 is 0 Å². The number of ether oxygens (including phenoxy) is 1. The molecular formula is C18H23NO2. The molecule has 0 amide bonds. The normalized spacial score (nSPS) is 12.1. The van der Waals surface area contributed by atoms with E-state index in [9.17, 15) is 5.11 Å². The topological polar surface area (TPSA) is 41.5 Å². The highest BCUT2D eigenvalue weighted by atomic mass is 16.5. The molecule has 0 spiro atoms. The van der Waals surface area contributed by atoms with Crippen LogP contribution in [0, 0.1) is 6.92 Å². The van der Waals surface area contributed by atoms with Crippen LogP contribution in [0.4, 0.5) is 0 Å². The zero-order valence-electron chi connectivity index (χ0n) is 12.7. The molecule has 0 heterocycles. The average Bonchev–Trinajstić information content (AvgIpc) is 2.48. The van der Waals surface area contributed by atoms with Crippen LogP contribution in [0.5, 0.6) is 5.75 Å². The first-order valence-electron chi connectivity index (χ1n) is 7.29. The Hall–Kier alpha value is -1.84. The Morgan fingerprint density at radius 3 is 2.24 bits per heavy atom. The Balaban J connectivity index is 1.80. The van der Waals surface area contributed by atoms with Gasteiger partial charge in [-0.15, -0.1) is 0 Å². The lowest BCUT2D eigenvalue weighted by atomic mass is 10.2. The molecular weight excluding hydrogens is 262 g/mol. The highest BCUT2D eigenvalue weighted by Crippen LogP contribution is 2.14. The summed E-state index contributed by atoms with van der Waals surface area (Å²) in [7, 11) is 0. The molecule has 0 aromatic heterocycles. The number of benzene rings is 2. The summed E-state index contributed by atoms with van der Waals surface area (Å²) in [5.74, 6) is 0.870. The minimum atomic E-state index is -0.317. The van der Waals surface area contributed by atoms with Crippen LogP contribution in [0.2, 0.25) is 0 Å². The Labute approximate surface area is 126 Å². The lowest BCUT2D eigenvalue weighted by Gasteiger charge is -2.09. The van der Waals surface area contributed by atoms with Gasteiger partial charge in [0.15, 0.2) is 0 Å². The Kier molecular flexibility index (Phi) is 5.78. The first-order chi connectivity index (χ1) is 10.1. The lowest BCUT2D eigenvalue weighted by Crippen LogP contribution is -2.23. The smallest absolute Gasteiger partial charge is 0.119 e. The fourth-order valence-electron chi connectivity index (χ4n) is 1.98. The molecule has 2 rings (SSSR count). The van der Waals surface area contributed by atoms with Crippen molar-refractivity contribution in [3.8, 4) is 5.75 Å². The van der Waals surface area contributed by atoms with Crippen LogP contribution in [-0.2, 0) is 13.2 Å². The summed E-state index contributed by atoms with van der Waals surface area (Å²) in [5.41, 5.74) is 3.61. The highest BCUT2D eigenvalue weighted by molar-refractivity contribution is 5.28. The van der Waals surface area contributed by atoms with Gasteiger partial charge in [-0.3, -0.25) is 0 Å². The monoisotopic (exact) mass is 285 g/mol. The van der Waals surface area contributed by atoms with Crippen molar-refractivity contribution in [3.05, 3.63) is 65.2 Å². The maximum Gasteiger partial charge on any atom is 0.119 e. The van der Waals surface area contributed by atoms with Gasteiger partial charge in [0.05, 0.1) is 6.10 Å². The number of rotatable bonds is 7. The molecule has 2 N–H and O–H groups in total. The third kappa shape index (κ3) is 5.58. The van der Waals surface area contributed by atoms with Crippen molar-refractivity contribution >= 4 is 0 Å². The van der Waals surface area contributed by atoms with Crippen molar-refractivity contribution in [1.29, 1.82) is 0 Å². The van der Waals surface area contributed by atoms with Gasteiger partial charge in [-0.2, -0.15) is 0 Å². The molecule has 21 heavy (non-hydrogen) atoms. The second-order valence-corrected chi connectivity index (χ2v) is 5.40. The molecule has 3 nitrogen and oxygen atoms in total. The van der Waals surface area contributed by atoms with Crippen molar-refractivity contribution in [3.63, 3.8) is 0 Å². The molecule has 0 saturated carbocycles. The third-order valence-electron chi connectivity index (χ3n) is 3.22. The number of nitrogens with one attached hydrogen (secondary N) is 1. The molecule has 1 unspecified atom stereocenters. The first kappa shape index (κ1) is 15.5. The molecule has 112 valence electrons. The van der Waals surface area contributed by atoms with Gasteiger partial charge in [0.25, 0.3) is 0 Å². The minimum absolute atomic E-state index is 0.317. The zero-order chi connectivity index (χ0) is 15.1. The van der Waals surface area contributed by atoms with E-state index in [0.29, 0.717) is 13.2 Å². The number of aliphatic hydroxyl groups excluding tert-OH is 1. The number of aryl methyl sites for hydroxylation is 1. The van der Waals surface area contributed by atoms with Gasteiger partial charge in [0.1, 0.15) is 12.4 Å². The van der Waals surface area contributed by atoms with Crippen molar-refractivity contribution in [2.75, 3.05) is 6.54 Å². The minimum Gasteiger partial charge on any atom is -0.489 e. The molecule has 0 saturated heterocycles. The molecule has 0 aliphatic carbocycles. The van der Waals surface area contributed by atoms with Crippen LogP contribution in [-0.4, -0.2) is 17.8 Å². The number of aliphatic hydroxyl groups is 1. The second kappa shape index (κ2) is 7.81. The van der Waals surface area contributed by atoms with Crippen molar-refractivity contribution < 1.29 is 9.84 Å². The molecule has 2 aromatic rings. The first-order valence-corrected chi connectivity index (χ1v) is 7.29. The van der Waals surface area contributed by atoms with Crippen molar-refractivity contribution in [2.24, 2.45) is 0 Å². The lowest BCUT2D eigenvalue weighted by molar-refractivity contribution is 0.191. The summed E-state index contributed by atoms with van der Waals surface area (Å²) in [5, 5.41) is 12.4. The average molecular weight is 285 g/mol. The number of hydrogen-bond donors (Lipinski definition) is 2. The molecule has 2 aromatic carbocycles. The standard InChI is InChI=1S/C18H23NO2/c1-14-3-5-17(6-4-14)13-21-18-9-7-16(8-10-18)12-19-11-15(2)20/h3-10,15,19-20H,11-13H2,1-2H3. The van der Waals surface area contributed by atoms with E-state index in [1.54, 1.807) is 6.92 Å². The largest absolute Gasteiger partial charge is 0.489 e. The van der Waals surface area contributed by atoms with Crippen molar-refractivity contribution in [1.82, 2.24) is 5.32 Å². The van der Waals surface area contributed by atoms with Crippen molar-refractivity contribution in [2.45, 2.75) is 33.1 Å². The van der Waals surface area contributed by atoms with E-state index in [-0.39, 0.29) is 6.10 Å². The van der Waals surface area contributed by atoms with E-state index in [0.717, 1.165) is 12.3 Å². The van der Waals surface area contributed by atoms with Gasteiger partial charge in [0.2, 0.25) is 0 Å². The van der Waals surface area contributed by atoms with Crippen LogP contribution < -0.4 is 10.1 Å². The van der Waals surface area contributed by atoms with Gasteiger partial charge in [-0.05, 0) is 37.1 Å². The van der Waals surface area contributed by atoms with E-state index in [1.807, 2.05) is 24.3 Å². The van der Waals surface area contributed by atoms with E-state index >= 15 is 0 Å². The van der Waals surface area contributed by atoms with Crippen LogP contribution in [0.15, 0.2) is 48.5 Å². The zero-order valence-corrected chi connectivity index (χ0v) is 12.7. The predicted octanol–water partition coefficient (Wildman–Crippen LogP) is 3.04. The van der Waals surface area contributed by atoms with E-state index in [4.69, 9.17) is 4.74 Å². The Morgan fingerprint density at radius 2 is 1.62 bits per heavy atom. The molecule has 0 aliphatic heterocycles. The van der Waals surface area contributed by atoms with E-state index in [1.165, 1.54) is 16.7 Å². The number of hydrogen-bond acceptors (Lipinski definition) is 3. The van der Waals surface area contributed by atoms with Crippen LogP contribution in [0.3, 0.4) is 0 Å². The van der Waals surface area contributed by atoms with E-state index < -0.39 is 0 Å². The fourth-order valence-corrected chi connectivity index (χ4v) is 1.98.